The highest BCUT2D eigenvalue weighted by atomic mass is 35.5. The summed E-state index contributed by atoms with van der Waals surface area (Å²) < 4.78 is 6.67. The first-order chi connectivity index (χ1) is 12.7. The van der Waals surface area contributed by atoms with E-state index in [1.807, 2.05) is 36.5 Å². The topological polar surface area (TPSA) is 57.0 Å². The van der Waals surface area contributed by atoms with Crippen LogP contribution in [0.25, 0.3) is 21.5 Å². The Morgan fingerprint density at radius 2 is 2.04 bits per heavy atom. The van der Waals surface area contributed by atoms with E-state index in [1.165, 1.54) is 7.11 Å². The average molecular weight is 384 g/mol. The van der Waals surface area contributed by atoms with Crippen molar-refractivity contribution in [1.82, 2.24) is 14.8 Å². The molecule has 2 aromatic carbocycles. The number of ether oxygens (including phenoxy) is 1. The number of fused-ring (bicyclic) bond motifs is 1. The number of nitrogens with zero attached hydrogens (tertiary/aromatic N) is 3. The van der Waals surface area contributed by atoms with Gasteiger partial charge in [-0.1, -0.05) is 41.9 Å². The fraction of sp³-hybridized carbons (Fsp3) is 0.105. The van der Waals surface area contributed by atoms with E-state index in [0.717, 1.165) is 20.8 Å². The summed E-state index contributed by atoms with van der Waals surface area (Å²) in [7, 11) is 1.35. The normalized spacial score (nSPS) is 11.0. The Kier molecular flexibility index (Phi) is 4.44. The number of aromatic nitrogens is 3. The van der Waals surface area contributed by atoms with E-state index >= 15 is 0 Å². The lowest BCUT2D eigenvalue weighted by Crippen LogP contribution is -2.07. The van der Waals surface area contributed by atoms with Crippen LogP contribution in [-0.2, 0) is 11.3 Å². The van der Waals surface area contributed by atoms with Crippen LogP contribution >= 0.6 is 22.9 Å². The molecule has 0 N–H and O–H groups in total. The Labute approximate surface area is 158 Å². The lowest BCUT2D eigenvalue weighted by molar-refractivity contribution is 0.0602. The molecule has 2 heterocycles. The summed E-state index contributed by atoms with van der Waals surface area (Å²) in [6, 6.07) is 13.4. The average Bonchev–Trinajstić information content (AvgIpc) is 3.29. The molecule has 0 fully saturated rings. The largest absolute Gasteiger partial charge is 0.465 e. The number of halogens is 1. The molecule has 0 aliphatic carbocycles. The predicted octanol–water partition coefficient (Wildman–Crippen LogP) is 4.65. The van der Waals surface area contributed by atoms with Crippen molar-refractivity contribution < 1.29 is 9.53 Å². The van der Waals surface area contributed by atoms with Crippen molar-refractivity contribution in [1.29, 1.82) is 0 Å². The summed E-state index contributed by atoms with van der Waals surface area (Å²) in [5.41, 5.74) is 2.19. The molecular weight excluding hydrogens is 370 g/mol. The molecular formula is C19H14ClN3O2S. The standard InChI is InChI=1S/C19H14ClN3O2S/c1-25-19(24)16-8-14(20)7-13-9-22-23(17(13)16)11-15-10-21-18(26-15)12-5-3-2-4-6-12/h2-10H,11H2,1H3. The van der Waals surface area contributed by atoms with Crippen LogP contribution in [0.3, 0.4) is 0 Å². The van der Waals surface area contributed by atoms with E-state index in [1.54, 1.807) is 34.3 Å². The quantitative estimate of drug-likeness (QED) is 0.481. The molecule has 0 amide bonds. The number of thiazole rings is 1. The Hall–Kier alpha value is -2.70. The van der Waals surface area contributed by atoms with Crippen molar-refractivity contribution in [3.63, 3.8) is 0 Å². The van der Waals surface area contributed by atoms with Gasteiger partial charge in [0.1, 0.15) is 5.01 Å². The third-order valence-electron chi connectivity index (χ3n) is 3.98. The fourth-order valence-electron chi connectivity index (χ4n) is 2.82. The second-order valence-electron chi connectivity index (χ2n) is 5.68. The molecule has 0 unspecified atom stereocenters. The number of hydrogen-bond acceptors (Lipinski definition) is 5. The first-order valence-corrected chi connectivity index (χ1v) is 9.08. The van der Waals surface area contributed by atoms with Crippen molar-refractivity contribution in [2.24, 2.45) is 0 Å². The van der Waals surface area contributed by atoms with Gasteiger partial charge in [0.25, 0.3) is 0 Å². The lowest BCUT2D eigenvalue weighted by atomic mass is 10.1. The Bertz CT molecular complexity index is 1090. The molecule has 2 aromatic heterocycles. The number of benzene rings is 2. The van der Waals surface area contributed by atoms with Gasteiger partial charge in [-0.15, -0.1) is 11.3 Å². The minimum absolute atomic E-state index is 0.403. The smallest absolute Gasteiger partial charge is 0.340 e. The van der Waals surface area contributed by atoms with Gasteiger partial charge in [0, 0.05) is 27.0 Å². The number of carbonyl (C=O) groups is 1. The molecule has 0 saturated heterocycles. The van der Waals surface area contributed by atoms with Gasteiger partial charge in [-0.2, -0.15) is 5.10 Å². The first-order valence-electron chi connectivity index (χ1n) is 7.89. The zero-order chi connectivity index (χ0) is 18.1. The summed E-state index contributed by atoms with van der Waals surface area (Å²) in [6.07, 6.45) is 3.54. The Morgan fingerprint density at radius 1 is 1.23 bits per heavy atom. The van der Waals surface area contributed by atoms with Crippen LogP contribution < -0.4 is 0 Å². The number of hydrogen-bond donors (Lipinski definition) is 0. The lowest BCUT2D eigenvalue weighted by Gasteiger charge is -2.07. The monoisotopic (exact) mass is 383 g/mol. The van der Waals surface area contributed by atoms with Crippen LogP contribution in [0.5, 0.6) is 0 Å². The second kappa shape index (κ2) is 6.90. The summed E-state index contributed by atoms with van der Waals surface area (Å²) >= 11 is 7.71. The molecule has 0 saturated carbocycles. The minimum Gasteiger partial charge on any atom is -0.465 e. The van der Waals surface area contributed by atoms with Crippen LogP contribution in [0.1, 0.15) is 15.2 Å². The van der Waals surface area contributed by atoms with Gasteiger partial charge in [0.2, 0.25) is 0 Å². The molecule has 0 radical (unpaired) electrons. The van der Waals surface area contributed by atoms with Crippen molar-refractivity contribution >= 4 is 39.8 Å². The maximum absolute atomic E-state index is 12.1. The van der Waals surface area contributed by atoms with E-state index in [-0.39, 0.29) is 0 Å². The van der Waals surface area contributed by atoms with Gasteiger partial charge in [0.05, 0.1) is 30.9 Å². The Balaban J connectivity index is 1.72. The fourth-order valence-corrected chi connectivity index (χ4v) is 3.95. The molecule has 7 heteroatoms. The summed E-state index contributed by atoms with van der Waals surface area (Å²) in [5.74, 6) is -0.437. The molecule has 26 heavy (non-hydrogen) atoms. The van der Waals surface area contributed by atoms with Crippen LogP contribution in [0.4, 0.5) is 0 Å². The third kappa shape index (κ3) is 3.09. The molecule has 4 rings (SSSR count). The molecule has 0 atom stereocenters. The highest BCUT2D eigenvalue weighted by Crippen LogP contribution is 2.28. The van der Waals surface area contributed by atoms with Crippen LogP contribution in [0.2, 0.25) is 5.02 Å². The third-order valence-corrected chi connectivity index (χ3v) is 5.23. The molecule has 0 spiro atoms. The predicted molar refractivity (Wildman–Crippen MR) is 103 cm³/mol. The highest BCUT2D eigenvalue weighted by molar-refractivity contribution is 7.15. The van der Waals surface area contributed by atoms with E-state index in [4.69, 9.17) is 16.3 Å². The Morgan fingerprint density at radius 3 is 2.81 bits per heavy atom. The van der Waals surface area contributed by atoms with Crippen LogP contribution in [0.15, 0.2) is 54.9 Å². The maximum Gasteiger partial charge on any atom is 0.340 e. The second-order valence-corrected chi connectivity index (χ2v) is 7.23. The summed E-state index contributed by atoms with van der Waals surface area (Å²) in [6.45, 7) is 0.514. The van der Waals surface area contributed by atoms with Gasteiger partial charge in [-0.3, -0.25) is 4.68 Å². The van der Waals surface area contributed by atoms with Crippen molar-refractivity contribution in [3.8, 4) is 10.6 Å². The van der Waals surface area contributed by atoms with Crippen molar-refractivity contribution in [2.45, 2.75) is 6.54 Å². The zero-order valence-electron chi connectivity index (χ0n) is 13.8. The zero-order valence-corrected chi connectivity index (χ0v) is 15.4. The molecule has 0 aliphatic heterocycles. The molecule has 0 aliphatic rings. The number of methoxy groups -OCH3 is 1. The van der Waals surface area contributed by atoms with Crippen LogP contribution in [-0.4, -0.2) is 27.8 Å². The summed E-state index contributed by atoms with van der Waals surface area (Å²) in [4.78, 5) is 17.7. The van der Waals surface area contributed by atoms with E-state index in [2.05, 4.69) is 10.1 Å². The number of esters is 1. The molecule has 0 bridgehead atoms. The highest BCUT2D eigenvalue weighted by Gasteiger charge is 2.17. The van der Waals surface area contributed by atoms with Gasteiger partial charge in [-0.25, -0.2) is 9.78 Å². The first kappa shape index (κ1) is 16.8. The maximum atomic E-state index is 12.1. The van der Waals surface area contributed by atoms with E-state index in [9.17, 15) is 4.79 Å². The van der Waals surface area contributed by atoms with Gasteiger partial charge in [0.15, 0.2) is 0 Å². The van der Waals surface area contributed by atoms with Crippen molar-refractivity contribution in [3.05, 3.63) is 70.3 Å². The van der Waals surface area contributed by atoms with Gasteiger partial charge in [-0.05, 0) is 12.1 Å². The van der Waals surface area contributed by atoms with Gasteiger partial charge < -0.3 is 4.74 Å². The van der Waals surface area contributed by atoms with E-state index in [0.29, 0.717) is 22.6 Å². The van der Waals surface area contributed by atoms with Gasteiger partial charge >= 0.3 is 5.97 Å². The number of carbonyl (C=O) groups excluding carboxylic acids is 1. The van der Waals surface area contributed by atoms with E-state index < -0.39 is 5.97 Å². The molecule has 130 valence electrons. The van der Waals surface area contributed by atoms with Crippen LogP contribution in [0, 0.1) is 0 Å². The molecule has 4 aromatic rings. The summed E-state index contributed by atoms with van der Waals surface area (Å²) in [5, 5.41) is 6.64. The molecule has 5 nitrogen and oxygen atoms in total. The number of rotatable bonds is 4. The minimum atomic E-state index is -0.437. The SMILES string of the molecule is COC(=O)c1cc(Cl)cc2cnn(Cc3cnc(-c4ccccc4)s3)c12. The van der Waals surface area contributed by atoms with Crippen molar-refractivity contribution in [2.75, 3.05) is 7.11 Å².